The van der Waals surface area contributed by atoms with Crippen LogP contribution in [-0.4, -0.2) is 21.7 Å². The Morgan fingerprint density at radius 1 is 1.57 bits per heavy atom. The normalized spacial score (nSPS) is 15.6. The molecule has 0 radical (unpaired) electrons. The Morgan fingerprint density at radius 3 is 3.14 bits per heavy atom. The predicted octanol–water partition coefficient (Wildman–Crippen LogP) is 1.30. The maximum Gasteiger partial charge on any atom is 0.243 e. The average Bonchev–Trinajstić information content (AvgIpc) is 2.77. The minimum absolute atomic E-state index is 0.354. The second kappa shape index (κ2) is 4.13. The Hall–Kier alpha value is -1.52. The van der Waals surface area contributed by atoms with E-state index in [1.807, 2.05) is 0 Å². The number of H-pyrrole nitrogens is 1. The molecule has 0 spiro atoms. The number of allylic oxidation sites excluding steroid dienone is 1. The van der Waals surface area contributed by atoms with Crippen molar-refractivity contribution in [3.8, 4) is 0 Å². The van der Waals surface area contributed by atoms with Gasteiger partial charge in [0.15, 0.2) is 0 Å². The first-order valence-electron chi connectivity index (χ1n) is 4.94. The van der Waals surface area contributed by atoms with Crippen LogP contribution in [0.1, 0.15) is 25.7 Å². The van der Waals surface area contributed by atoms with E-state index in [9.17, 15) is 0 Å². The second-order valence-electron chi connectivity index (χ2n) is 3.48. The van der Waals surface area contributed by atoms with Crippen molar-refractivity contribution >= 4 is 11.9 Å². The van der Waals surface area contributed by atoms with Crippen LogP contribution in [0.2, 0.25) is 0 Å². The van der Waals surface area contributed by atoms with E-state index in [1.54, 1.807) is 5.57 Å². The lowest BCUT2D eigenvalue weighted by Gasteiger charge is -2.01. The number of nitrogens with two attached hydrogens (primary N) is 1. The van der Waals surface area contributed by atoms with Gasteiger partial charge < -0.3 is 11.1 Å². The van der Waals surface area contributed by atoms with Gasteiger partial charge in [-0.1, -0.05) is 11.6 Å². The molecule has 5 heteroatoms. The van der Waals surface area contributed by atoms with Gasteiger partial charge in [-0.2, -0.15) is 4.98 Å². The molecular formula is C9H15N5. The molecule has 1 aromatic heterocycles. The van der Waals surface area contributed by atoms with Crippen LogP contribution in [0.5, 0.6) is 0 Å². The first-order chi connectivity index (χ1) is 6.84. The molecule has 0 bridgehead atoms. The van der Waals surface area contributed by atoms with Crippen LogP contribution in [0.4, 0.5) is 11.9 Å². The highest BCUT2D eigenvalue weighted by atomic mass is 15.3. The van der Waals surface area contributed by atoms with Gasteiger partial charge in [0.2, 0.25) is 11.9 Å². The van der Waals surface area contributed by atoms with Crippen LogP contribution < -0.4 is 11.1 Å². The standard InChI is InChI=1S/C9H15N5/c10-8-12-9(14-13-8)11-6-5-7-3-1-2-4-7/h3H,1-2,4-6H2,(H4,10,11,12,13,14). The molecule has 1 heterocycles. The van der Waals surface area contributed by atoms with Crippen LogP contribution in [0.25, 0.3) is 0 Å². The van der Waals surface area contributed by atoms with E-state index >= 15 is 0 Å². The predicted molar refractivity (Wildman–Crippen MR) is 55.8 cm³/mol. The SMILES string of the molecule is Nc1nc(NCCC2=CCCC2)n[nH]1. The Balaban J connectivity index is 1.72. The van der Waals surface area contributed by atoms with Gasteiger partial charge in [0.1, 0.15) is 0 Å². The molecule has 0 saturated heterocycles. The molecule has 0 fully saturated rings. The van der Waals surface area contributed by atoms with Gasteiger partial charge in [0, 0.05) is 6.54 Å². The molecule has 0 amide bonds. The molecule has 1 aliphatic carbocycles. The van der Waals surface area contributed by atoms with Crippen molar-refractivity contribution in [1.29, 1.82) is 0 Å². The number of nitrogen functional groups attached to an aromatic ring is 1. The van der Waals surface area contributed by atoms with E-state index < -0.39 is 0 Å². The summed E-state index contributed by atoms with van der Waals surface area (Å²) in [6.45, 7) is 0.878. The summed E-state index contributed by atoms with van der Waals surface area (Å²) in [6, 6.07) is 0. The number of nitrogens with zero attached hydrogens (tertiary/aromatic N) is 2. The van der Waals surface area contributed by atoms with E-state index in [2.05, 4.69) is 26.6 Å². The summed E-state index contributed by atoms with van der Waals surface area (Å²) in [6.07, 6.45) is 7.20. The summed E-state index contributed by atoms with van der Waals surface area (Å²) in [7, 11) is 0. The zero-order valence-electron chi connectivity index (χ0n) is 8.08. The topological polar surface area (TPSA) is 79.6 Å². The maximum atomic E-state index is 5.39. The highest BCUT2D eigenvalue weighted by molar-refractivity contribution is 5.29. The number of aromatic nitrogens is 3. The van der Waals surface area contributed by atoms with Gasteiger partial charge in [-0.25, -0.2) is 5.10 Å². The number of rotatable bonds is 4. The Kier molecular flexibility index (Phi) is 2.67. The average molecular weight is 193 g/mol. The van der Waals surface area contributed by atoms with E-state index in [0.29, 0.717) is 11.9 Å². The number of nitrogens with one attached hydrogen (secondary N) is 2. The fourth-order valence-electron chi connectivity index (χ4n) is 1.65. The van der Waals surface area contributed by atoms with E-state index in [0.717, 1.165) is 13.0 Å². The van der Waals surface area contributed by atoms with Gasteiger partial charge in [-0.05, 0) is 25.7 Å². The van der Waals surface area contributed by atoms with E-state index in [4.69, 9.17) is 5.73 Å². The lowest BCUT2D eigenvalue weighted by Crippen LogP contribution is -2.03. The molecule has 2 rings (SSSR count). The van der Waals surface area contributed by atoms with Gasteiger partial charge in [-0.15, -0.1) is 5.10 Å². The minimum atomic E-state index is 0.354. The number of aromatic amines is 1. The van der Waals surface area contributed by atoms with E-state index in [-0.39, 0.29) is 0 Å². The van der Waals surface area contributed by atoms with Crippen molar-refractivity contribution in [3.05, 3.63) is 11.6 Å². The Labute approximate surface area is 82.8 Å². The lowest BCUT2D eigenvalue weighted by atomic mass is 10.2. The third kappa shape index (κ3) is 2.25. The fourth-order valence-corrected chi connectivity index (χ4v) is 1.65. The largest absolute Gasteiger partial charge is 0.368 e. The quantitative estimate of drug-likeness (QED) is 0.630. The number of hydrogen-bond donors (Lipinski definition) is 3. The van der Waals surface area contributed by atoms with E-state index in [1.165, 1.54) is 19.3 Å². The zero-order valence-corrected chi connectivity index (χ0v) is 8.08. The van der Waals surface area contributed by atoms with Crippen molar-refractivity contribution in [2.24, 2.45) is 0 Å². The van der Waals surface area contributed by atoms with Crippen LogP contribution in [0.3, 0.4) is 0 Å². The third-order valence-corrected chi connectivity index (χ3v) is 2.37. The molecule has 1 aliphatic rings. The molecule has 0 saturated carbocycles. The summed E-state index contributed by atoms with van der Waals surface area (Å²) in [4.78, 5) is 3.96. The van der Waals surface area contributed by atoms with Crippen molar-refractivity contribution in [2.75, 3.05) is 17.6 Å². The van der Waals surface area contributed by atoms with Gasteiger partial charge in [0.25, 0.3) is 0 Å². The fraction of sp³-hybridized carbons (Fsp3) is 0.556. The summed E-state index contributed by atoms with van der Waals surface area (Å²) < 4.78 is 0. The first kappa shape index (κ1) is 9.05. The first-order valence-corrected chi connectivity index (χ1v) is 4.94. The van der Waals surface area contributed by atoms with Crippen LogP contribution in [0, 0.1) is 0 Å². The summed E-state index contributed by atoms with van der Waals surface area (Å²) >= 11 is 0. The Bertz CT molecular complexity index is 328. The molecular weight excluding hydrogens is 178 g/mol. The number of anilines is 2. The highest BCUT2D eigenvalue weighted by Gasteiger charge is 2.04. The third-order valence-electron chi connectivity index (χ3n) is 2.37. The number of hydrogen-bond acceptors (Lipinski definition) is 4. The van der Waals surface area contributed by atoms with Crippen LogP contribution in [-0.2, 0) is 0 Å². The monoisotopic (exact) mass is 193 g/mol. The molecule has 5 nitrogen and oxygen atoms in total. The molecule has 76 valence electrons. The van der Waals surface area contributed by atoms with Gasteiger partial charge in [0.05, 0.1) is 0 Å². The summed E-state index contributed by atoms with van der Waals surface area (Å²) in [5.74, 6) is 0.939. The van der Waals surface area contributed by atoms with Crippen molar-refractivity contribution < 1.29 is 0 Å². The van der Waals surface area contributed by atoms with Crippen LogP contribution in [0.15, 0.2) is 11.6 Å². The molecule has 0 aromatic carbocycles. The molecule has 0 atom stereocenters. The minimum Gasteiger partial charge on any atom is -0.368 e. The maximum absolute atomic E-state index is 5.39. The lowest BCUT2D eigenvalue weighted by molar-refractivity contribution is 0.860. The molecule has 1 aromatic rings. The molecule has 4 N–H and O–H groups in total. The van der Waals surface area contributed by atoms with Crippen molar-refractivity contribution in [3.63, 3.8) is 0 Å². The Morgan fingerprint density at radius 2 is 2.50 bits per heavy atom. The van der Waals surface area contributed by atoms with Gasteiger partial charge >= 0.3 is 0 Å². The second-order valence-corrected chi connectivity index (χ2v) is 3.48. The zero-order chi connectivity index (χ0) is 9.80. The highest BCUT2D eigenvalue weighted by Crippen LogP contribution is 2.20. The summed E-state index contributed by atoms with van der Waals surface area (Å²) in [5, 5.41) is 9.59. The van der Waals surface area contributed by atoms with Crippen LogP contribution >= 0.6 is 0 Å². The molecule has 0 unspecified atom stereocenters. The van der Waals surface area contributed by atoms with Gasteiger partial charge in [-0.3, -0.25) is 0 Å². The summed E-state index contributed by atoms with van der Waals surface area (Å²) in [5.41, 5.74) is 6.93. The smallest absolute Gasteiger partial charge is 0.243 e. The van der Waals surface area contributed by atoms with Crippen molar-refractivity contribution in [1.82, 2.24) is 15.2 Å². The van der Waals surface area contributed by atoms with Crippen molar-refractivity contribution in [2.45, 2.75) is 25.7 Å². The molecule has 0 aliphatic heterocycles. The molecule has 14 heavy (non-hydrogen) atoms.